The Balaban J connectivity index is 2.31. The Kier molecular flexibility index (Phi) is 4.29. The molecule has 3 unspecified atom stereocenters. The van der Waals surface area contributed by atoms with Gasteiger partial charge in [-0.25, -0.2) is 4.39 Å². The molecule has 1 aromatic rings. The Morgan fingerprint density at radius 2 is 1.68 bits per heavy atom. The van der Waals surface area contributed by atoms with E-state index >= 15 is 0 Å². The highest BCUT2D eigenvalue weighted by atomic mass is 19.1. The van der Waals surface area contributed by atoms with Crippen molar-refractivity contribution in [1.82, 2.24) is 5.32 Å². The van der Waals surface area contributed by atoms with Crippen LogP contribution in [-0.2, 0) is 0 Å². The molecule has 19 heavy (non-hydrogen) atoms. The summed E-state index contributed by atoms with van der Waals surface area (Å²) < 4.78 is 13.1. The first-order valence-electron chi connectivity index (χ1n) is 7.59. The first-order valence-corrected chi connectivity index (χ1v) is 7.59. The number of hydrogen-bond donors (Lipinski definition) is 1. The van der Waals surface area contributed by atoms with Crippen LogP contribution < -0.4 is 5.32 Å². The zero-order valence-corrected chi connectivity index (χ0v) is 12.5. The Bertz CT molecular complexity index is 408. The minimum atomic E-state index is -0.141. The molecule has 0 bridgehead atoms. The van der Waals surface area contributed by atoms with Crippen molar-refractivity contribution in [2.24, 2.45) is 11.3 Å². The fraction of sp³-hybridized carbons (Fsp3) is 0.647. The zero-order valence-electron chi connectivity index (χ0n) is 12.5. The predicted octanol–water partition coefficient (Wildman–Crippen LogP) is 4.34. The summed E-state index contributed by atoms with van der Waals surface area (Å²) in [5.74, 6) is 1.02. The average Bonchev–Trinajstić information content (AvgIpc) is 2.43. The maximum atomic E-state index is 13.1. The molecular formula is C17H26FN. The van der Waals surface area contributed by atoms with Crippen LogP contribution in [0.25, 0.3) is 0 Å². The van der Waals surface area contributed by atoms with Crippen LogP contribution in [0.4, 0.5) is 4.39 Å². The van der Waals surface area contributed by atoms with Crippen LogP contribution in [0.3, 0.4) is 0 Å². The number of halogens is 1. The van der Waals surface area contributed by atoms with E-state index in [0.717, 1.165) is 6.54 Å². The molecule has 0 heterocycles. The van der Waals surface area contributed by atoms with Crippen molar-refractivity contribution >= 4 is 0 Å². The smallest absolute Gasteiger partial charge is 0.123 e. The minimum absolute atomic E-state index is 0.141. The van der Waals surface area contributed by atoms with Crippen LogP contribution >= 0.6 is 0 Å². The Morgan fingerprint density at radius 1 is 1.11 bits per heavy atom. The van der Waals surface area contributed by atoms with Crippen molar-refractivity contribution in [1.29, 1.82) is 0 Å². The van der Waals surface area contributed by atoms with Gasteiger partial charge >= 0.3 is 0 Å². The summed E-state index contributed by atoms with van der Waals surface area (Å²) >= 11 is 0. The van der Waals surface area contributed by atoms with Crippen molar-refractivity contribution in [2.75, 3.05) is 6.54 Å². The van der Waals surface area contributed by atoms with E-state index in [-0.39, 0.29) is 5.82 Å². The fourth-order valence-electron chi connectivity index (χ4n) is 4.36. The second kappa shape index (κ2) is 5.62. The standard InChI is InChI=1S/C17H26FN/c1-5-17(6-2)15(12(4)16(17)19-7-3)13-8-10-14(18)11-9-13/h8-12,15-16,19H,5-7H2,1-4H3. The van der Waals surface area contributed by atoms with Crippen molar-refractivity contribution in [3.05, 3.63) is 35.6 Å². The molecule has 0 aromatic heterocycles. The van der Waals surface area contributed by atoms with E-state index in [9.17, 15) is 4.39 Å². The van der Waals surface area contributed by atoms with Gasteiger partial charge in [-0.1, -0.05) is 39.8 Å². The second-order valence-corrected chi connectivity index (χ2v) is 5.86. The van der Waals surface area contributed by atoms with Crippen molar-refractivity contribution in [2.45, 2.75) is 52.5 Å². The maximum Gasteiger partial charge on any atom is 0.123 e. The Labute approximate surface area is 116 Å². The molecule has 0 spiro atoms. The van der Waals surface area contributed by atoms with Crippen molar-refractivity contribution in [3.8, 4) is 0 Å². The van der Waals surface area contributed by atoms with E-state index in [1.54, 1.807) is 12.1 Å². The SMILES string of the molecule is CCNC1C(C)C(c2ccc(F)cc2)C1(CC)CC. The molecule has 0 amide bonds. The summed E-state index contributed by atoms with van der Waals surface area (Å²) in [7, 11) is 0. The fourth-order valence-corrected chi connectivity index (χ4v) is 4.36. The van der Waals surface area contributed by atoms with Gasteiger partial charge in [0.1, 0.15) is 5.82 Å². The van der Waals surface area contributed by atoms with Gasteiger partial charge in [-0.2, -0.15) is 0 Å². The van der Waals surface area contributed by atoms with Crippen molar-refractivity contribution < 1.29 is 4.39 Å². The van der Waals surface area contributed by atoms with Crippen LogP contribution in [0.2, 0.25) is 0 Å². The molecule has 2 heteroatoms. The molecule has 1 N–H and O–H groups in total. The lowest BCUT2D eigenvalue weighted by Crippen LogP contribution is -2.63. The number of benzene rings is 1. The minimum Gasteiger partial charge on any atom is -0.313 e. The molecule has 0 aliphatic heterocycles. The molecule has 0 radical (unpaired) electrons. The zero-order chi connectivity index (χ0) is 14.0. The lowest BCUT2D eigenvalue weighted by Gasteiger charge is -2.61. The lowest BCUT2D eigenvalue weighted by molar-refractivity contribution is -0.0387. The monoisotopic (exact) mass is 263 g/mol. The quantitative estimate of drug-likeness (QED) is 0.833. The first kappa shape index (κ1) is 14.5. The van der Waals surface area contributed by atoms with Gasteiger partial charge in [-0.3, -0.25) is 0 Å². The summed E-state index contributed by atoms with van der Waals surface area (Å²) in [6.45, 7) is 10.1. The number of hydrogen-bond acceptors (Lipinski definition) is 1. The number of rotatable bonds is 5. The first-order chi connectivity index (χ1) is 9.10. The van der Waals surface area contributed by atoms with Gasteiger partial charge < -0.3 is 5.32 Å². The van der Waals surface area contributed by atoms with E-state index in [1.165, 1.54) is 18.4 Å². The van der Waals surface area contributed by atoms with Crippen LogP contribution in [-0.4, -0.2) is 12.6 Å². The third-order valence-corrected chi connectivity index (χ3v) is 5.26. The normalized spacial score (nSPS) is 29.0. The van der Waals surface area contributed by atoms with E-state index in [1.807, 2.05) is 12.1 Å². The topological polar surface area (TPSA) is 12.0 Å². The molecule has 1 nitrogen and oxygen atoms in total. The van der Waals surface area contributed by atoms with Gasteiger partial charge in [-0.05, 0) is 54.3 Å². The Morgan fingerprint density at radius 3 is 2.16 bits per heavy atom. The summed E-state index contributed by atoms with van der Waals surface area (Å²) in [5.41, 5.74) is 1.62. The van der Waals surface area contributed by atoms with Gasteiger partial charge in [0.25, 0.3) is 0 Å². The molecule has 1 aromatic carbocycles. The van der Waals surface area contributed by atoms with Crippen LogP contribution in [0.15, 0.2) is 24.3 Å². The van der Waals surface area contributed by atoms with Gasteiger partial charge in [0, 0.05) is 6.04 Å². The predicted molar refractivity (Wildman–Crippen MR) is 78.8 cm³/mol. The third kappa shape index (κ3) is 2.20. The molecule has 1 aliphatic carbocycles. The van der Waals surface area contributed by atoms with E-state index < -0.39 is 0 Å². The molecule has 1 saturated carbocycles. The highest BCUT2D eigenvalue weighted by molar-refractivity contribution is 5.30. The molecule has 106 valence electrons. The molecular weight excluding hydrogens is 237 g/mol. The van der Waals surface area contributed by atoms with E-state index in [2.05, 4.69) is 33.0 Å². The lowest BCUT2D eigenvalue weighted by atomic mass is 9.46. The molecule has 2 rings (SSSR count). The highest BCUT2D eigenvalue weighted by Gasteiger charge is 2.57. The summed E-state index contributed by atoms with van der Waals surface area (Å²) in [4.78, 5) is 0. The van der Waals surface area contributed by atoms with Crippen molar-refractivity contribution in [3.63, 3.8) is 0 Å². The van der Waals surface area contributed by atoms with E-state index in [0.29, 0.717) is 23.3 Å². The number of nitrogens with one attached hydrogen (secondary N) is 1. The second-order valence-electron chi connectivity index (χ2n) is 5.86. The van der Waals surface area contributed by atoms with Gasteiger partial charge in [0.05, 0.1) is 0 Å². The van der Waals surface area contributed by atoms with Gasteiger partial charge in [0.2, 0.25) is 0 Å². The van der Waals surface area contributed by atoms with Gasteiger partial charge in [0.15, 0.2) is 0 Å². The maximum absolute atomic E-state index is 13.1. The molecule has 1 fully saturated rings. The molecule has 0 saturated heterocycles. The van der Waals surface area contributed by atoms with Crippen LogP contribution in [0, 0.1) is 17.2 Å². The van der Waals surface area contributed by atoms with Gasteiger partial charge in [-0.15, -0.1) is 0 Å². The molecule has 3 atom stereocenters. The van der Waals surface area contributed by atoms with Crippen LogP contribution in [0.1, 0.15) is 52.0 Å². The summed E-state index contributed by atoms with van der Waals surface area (Å²) in [6, 6.07) is 7.72. The summed E-state index contributed by atoms with van der Waals surface area (Å²) in [5, 5.41) is 3.66. The van der Waals surface area contributed by atoms with Crippen LogP contribution in [0.5, 0.6) is 0 Å². The van der Waals surface area contributed by atoms with E-state index in [4.69, 9.17) is 0 Å². The third-order valence-electron chi connectivity index (χ3n) is 5.26. The average molecular weight is 263 g/mol. The Hall–Kier alpha value is -0.890. The highest BCUT2D eigenvalue weighted by Crippen LogP contribution is 2.60. The molecule has 1 aliphatic rings. The largest absolute Gasteiger partial charge is 0.313 e. The summed E-state index contributed by atoms with van der Waals surface area (Å²) in [6.07, 6.45) is 2.35.